The SMILES string of the molecule is COc1ccc(CCC(=O)NCc2ccc3nccnc3c2)cc1OC. The Kier molecular flexibility index (Phi) is 5.63. The number of aromatic nitrogens is 2. The van der Waals surface area contributed by atoms with E-state index >= 15 is 0 Å². The number of aryl methyl sites for hydroxylation is 1. The topological polar surface area (TPSA) is 73.3 Å². The number of hydrogen-bond donors (Lipinski definition) is 1. The van der Waals surface area contributed by atoms with Crippen LogP contribution in [-0.4, -0.2) is 30.1 Å². The Labute approximate surface area is 152 Å². The molecule has 1 heterocycles. The fourth-order valence-electron chi connectivity index (χ4n) is 2.70. The summed E-state index contributed by atoms with van der Waals surface area (Å²) in [4.78, 5) is 20.7. The second-order valence-electron chi connectivity index (χ2n) is 5.85. The van der Waals surface area contributed by atoms with Gasteiger partial charge in [-0.3, -0.25) is 14.8 Å². The van der Waals surface area contributed by atoms with E-state index in [1.54, 1.807) is 26.6 Å². The quantitative estimate of drug-likeness (QED) is 0.708. The van der Waals surface area contributed by atoms with Gasteiger partial charge in [0, 0.05) is 25.4 Å². The van der Waals surface area contributed by atoms with Crippen LogP contribution in [0, 0.1) is 0 Å². The number of carbonyl (C=O) groups is 1. The molecule has 0 saturated heterocycles. The predicted octanol–water partition coefficient (Wildman–Crippen LogP) is 2.90. The van der Waals surface area contributed by atoms with Crippen LogP contribution >= 0.6 is 0 Å². The van der Waals surface area contributed by atoms with Crippen molar-refractivity contribution < 1.29 is 14.3 Å². The van der Waals surface area contributed by atoms with Gasteiger partial charge in [-0.1, -0.05) is 12.1 Å². The summed E-state index contributed by atoms with van der Waals surface area (Å²) in [6.45, 7) is 0.470. The molecule has 1 aromatic heterocycles. The van der Waals surface area contributed by atoms with Gasteiger partial charge in [-0.05, 0) is 41.8 Å². The number of fused-ring (bicyclic) bond motifs is 1. The third-order valence-electron chi connectivity index (χ3n) is 4.11. The number of nitrogens with zero attached hydrogens (tertiary/aromatic N) is 2. The average molecular weight is 351 g/mol. The fourth-order valence-corrected chi connectivity index (χ4v) is 2.70. The van der Waals surface area contributed by atoms with Gasteiger partial charge in [-0.15, -0.1) is 0 Å². The Hall–Kier alpha value is -3.15. The molecule has 0 aliphatic carbocycles. The fraction of sp³-hybridized carbons (Fsp3) is 0.250. The molecule has 26 heavy (non-hydrogen) atoms. The lowest BCUT2D eigenvalue weighted by Crippen LogP contribution is -2.23. The van der Waals surface area contributed by atoms with Crippen LogP contribution < -0.4 is 14.8 Å². The Morgan fingerprint density at radius 2 is 1.65 bits per heavy atom. The smallest absolute Gasteiger partial charge is 0.220 e. The second kappa shape index (κ2) is 8.29. The van der Waals surface area contributed by atoms with Crippen molar-refractivity contribution in [2.45, 2.75) is 19.4 Å². The Morgan fingerprint density at radius 3 is 2.42 bits per heavy atom. The molecule has 1 amide bonds. The number of amides is 1. The van der Waals surface area contributed by atoms with Crippen LogP contribution in [0.5, 0.6) is 11.5 Å². The molecule has 0 atom stereocenters. The van der Waals surface area contributed by atoms with Crippen molar-refractivity contribution in [3.8, 4) is 11.5 Å². The van der Waals surface area contributed by atoms with Crippen molar-refractivity contribution in [1.82, 2.24) is 15.3 Å². The molecule has 6 nitrogen and oxygen atoms in total. The standard InChI is InChI=1S/C20H21N3O3/c1-25-18-7-4-14(12-19(18)26-2)5-8-20(24)23-13-15-3-6-16-17(11-15)22-10-9-21-16/h3-4,6-7,9-12H,5,8,13H2,1-2H3,(H,23,24). The number of hydrogen-bond acceptors (Lipinski definition) is 5. The first-order chi connectivity index (χ1) is 12.7. The maximum atomic E-state index is 12.1. The molecule has 0 aliphatic rings. The first-order valence-corrected chi connectivity index (χ1v) is 8.37. The van der Waals surface area contributed by atoms with Gasteiger partial charge in [0.15, 0.2) is 11.5 Å². The van der Waals surface area contributed by atoms with Gasteiger partial charge < -0.3 is 14.8 Å². The van der Waals surface area contributed by atoms with Gasteiger partial charge in [0.1, 0.15) is 0 Å². The molecule has 0 radical (unpaired) electrons. The van der Waals surface area contributed by atoms with E-state index in [1.165, 1.54) is 0 Å². The third-order valence-corrected chi connectivity index (χ3v) is 4.11. The molecule has 3 aromatic rings. The summed E-state index contributed by atoms with van der Waals surface area (Å²) in [5.41, 5.74) is 3.69. The third kappa shape index (κ3) is 4.27. The van der Waals surface area contributed by atoms with Gasteiger partial charge in [0.05, 0.1) is 25.3 Å². The number of nitrogens with one attached hydrogen (secondary N) is 1. The van der Waals surface area contributed by atoms with Crippen LogP contribution in [0.1, 0.15) is 17.5 Å². The molecule has 0 bridgehead atoms. The zero-order valence-electron chi connectivity index (χ0n) is 14.9. The molecule has 0 fully saturated rings. The summed E-state index contributed by atoms with van der Waals surface area (Å²) >= 11 is 0. The maximum absolute atomic E-state index is 12.1. The van der Waals surface area contributed by atoms with E-state index in [2.05, 4.69) is 15.3 Å². The summed E-state index contributed by atoms with van der Waals surface area (Å²) < 4.78 is 10.5. The van der Waals surface area contributed by atoms with Crippen LogP contribution in [0.4, 0.5) is 0 Å². The predicted molar refractivity (Wildman–Crippen MR) is 99.3 cm³/mol. The zero-order valence-corrected chi connectivity index (χ0v) is 14.9. The summed E-state index contributed by atoms with van der Waals surface area (Å²) in [5, 5.41) is 2.94. The van der Waals surface area contributed by atoms with E-state index in [0.717, 1.165) is 22.2 Å². The lowest BCUT2D eigenvalue weighted by Gasteiger charge is -2.10. The molecular weight excluding hydrogens is 330 g/mol. The van der Waals surface area contributed by atoms with Crippen molar-refractivity contribution >= 4 is 16.9 Å². The van der Waals surface area contributed by atoms with Crippen molar-refractivity contribution in [2.75, 3.05) is 14.2 Å². The summed E-state index contributed by atoms with van der Waals surface area (Å²) in [6.07, 6.45) is 4.37. The van der Waals surface area contributed by atoms with Crippen LogP contribution in [0.2, 0.25) is 0 Å². The highest BCUT2D eigenvalue weighted by Crippen LogP contribution is 2.27. The van der Waals surface area contributed by atoms with Crippen LogP contribution in [0.25, 0.3) is 11.0 Å². The Morgan fingerprint density at radius 1 is 0.923 bits per heavy atom. The summed E-state index contributed by atoms with van der Waals surface area (Å²) in [7, 11) is 3.20. The number of benzene rings is 2. The van der Waals surface area contributed by atoms with Gasteiger partial charge in [0.25, 0.3) is 0 Å². The van der Waals surface area contributed by atoms with Crippen molar-refractivity contribution in [2.24, 2.45) is 0 Å². The second-order valence-corrected chi connectivity index (χ2v) is 5.85. The minimum atomic E-state index is -0.000900. The molecule has 134 valence electrons. The van der Waals surface area contributed by atoms with E-state index in [9.17, 15) is 4.79 Å². The zero-order chi connectivity index (χ0) is 18.4. The maximum Gasteiger partial charge on any atom is 0.220 e. The van der Waals surface area contributed by atoms with E-state index in [-0.39, 0.29) is 5.91 Å². The minimum Gasteiger partial charge on any atom is -0.493 e. The van der Waals surface area contributed by atoms with E-state index in [1.807, 2.05) is 36.4 Å². The molecule has 0 aliphatic heterocycles. The number of ether oxygens (including phenoxy) is 2. The Balaban J connectivity index is 1.53. The lowest BCUT2D eigenvalue weighted by atomic mass is 10.1. The normalized spacial score (nSPS) is 10.5. The van der Waals surface area contributed by atoms with Crippen molar-refractivity contribution in [3.63, 3.8) is 0 Å². The van der Waals surface area contributed by atoms with E-state index in [0.29, 0.717) is 30.9 Å². The van der Waals surface area contributed by atoms with Gasteiger partial charge in [-0.2, -0.15) is 0 Å². The van der Waals surface area contributed by atoms with Crippen LogP contribution in [0.15, 0.2) is 48.8 Å². The largest absolute Gasteiger partial charge is 0.493 e. The summed E-state index contributed by atoms with van der Waals surface area (Å²) in [5.74, 6) is 1.35. The molecule has 3 rings (SSSR count). The molecule has 2 aromatic carbocycles. The highest BCUT2D eigenvalue weighted by molar-refractivity contribution is 5.77. The summed E-state index contributed by atoms with van der Waals surface area (Å²) in [6, 6.07) is 11.5. The van der Waals surface area contributed by atoms with Gasteiger partial charge in [0.2, 0.25) is 5.91 Å². The van der Waals surface area contributed by atoms with Crippen LogP contribution in [-0.2, 0) is 17.8 Å². The minimum absolute atomic E-state index is 0.000900. The van der Waals surface area contributed by atoms with Crippen molar-refractivity contribution in [3.05, 3.63) is 59.9 Å². The van der Waals surface area contributed by atoms with Gasteiger partial charge in [-0.25, -0.2) is 0 Å². The first-order valence-electron chi connectivity index (χ1n) is 8.37. The van der Waals surface area contributed by atoms with Crippen molar-refractivity contribution in [1.29, 1.82) is 0 Å². The molecule has 6 heteroatoms. The Bertz CT molecular complexity index is 912. The lowest BCUT2D eigenvalue weighted by molar-refractivity contribution is -0.121. The number of rotatable bonds is 7. The molecule has 0 saturated carbocycles. The first kappa shape index (κ1) is 17.7. The highest BCUT2D eigenvalue weighted by Gasteiger charge is 2.07. The van der Waals surface area contributed by atoms with Crippen LogP contribution in [0.3, 0.4) is 0 Å². The highest BCUT2D eigenvalue weighted by atomic mass is 16.5. The van der Waals surface area contributed by atoms with E-state index < -0.39 is 0 Å². The molecule has 0 unspecified atom stereocenters. The van der Waals surface area contributed by atoms with Gasteiger partial charge >= 0.3 is 0 Å². The molecule has 1 N–H and O–H groups in total. The molecular formula is C20H21N3O3. The van der Waals surface area contributed by atoms with E-state index in [4.69, 9.17) is 9.47 Å². The number of carbonyl (C=O) groups excluding carboxylic acids is 1. The average Bonchev–Trinajstić information content (AvgIpc) is 2.70. The molecule has 0 spiro atoms. The number of methoxy groups -OCH3 is 2. The monoisotopic (exact) mass is 351 g/mol.